The van der Waals surface area contributed by atoms with Gasteiger partial charge in [-0.3, -0.25) is 9.69 Å². The Morgan fingerprint density at radius 2 is 1.47 bits per heavy atom. The second-order valence-corrected chi connectivity index (χ2v) is 8.77. The van der Waals surface area contributed by atoms with Crippen LogP contribution in [0.5, 0.6) is 34.5 Å². The van der Waals surface area contributed by atoms with Crippen LogP contribution in [0.4, 0.5) is 0 Å². The summed E-state index contributed by atoms with van der Waals surface area (Å²) in [5.41, 5.74) is 1.14. The maximum absolute atomic E-state index is 13.3. The zero-order valence-corrected chi connectivity index (χ0v) is 21.8. The fourth-order valence-corrected chi connectivity index (χ4v) is 4.50. The van der Waals surface area contributed by atoms with Gasteiger partial charge < -0.3 is 33.6 Å². The number of hydrogen-bond acceptors (Lipinski definition) is 11. The summed E-state index contributed by atoms with van der Waals surface area (Å²) in [4.78, 5) is 15.2. The standard InChI is InChI=1S/C26H25N3O8S/c1-33-18-8-15(9-19(34-2)23(18)30)12-22-25(32)29(14-17-6-5-7-37-17)26(38-22)28-27-13-16-10-20(35-3)24(31)21(11-16)36-4/h5-13,30-31H,14H2,1-4H3/b22-12-,27-13+,28-26-. The molecule has 1 aliphatic heterocycles. The molecular formula is C26H25N3O8S. The molecule has 2 N–H and O–H groups in total. The van der Waals surface area contributed by atoms with Gasteiger partial charge in [-0.05, 0) is 59.8 Å². The first-order valence-electron chi connectivity index (χ1n) is 11.1. The van der Waals surface area contributed by atoms with Gasteiger partial charge in [0.2, 0.25) is 11.5 Å². The van der Waals surface area contributed by atoms with E-state index in [1.54, 1.807) is 42.5 Å². The summed E-state index contributed by atoms with van der Waals surface area (Å²) >= 11 is 1.13. The van der Waals surface area contributed by atoms with Gasteiger partial charge in [0.15, 0.2) is 28.2 Å². The van der Waals surface area contributed by atoms with Crippen LogP contribution in [0.25, 0.3) is 6.08 Å². The molecule has 0 aliphatic carbocycles. The number of nitrogens with zero attached hydrogens (tertiary/aromatic N) is 3. The molecule has 1 fully saturated rings. The number of hydrogen-bond donors (Lipinski definition) is 2. The quantitative estimate of drug-likeness (QED) is 0.233. The number of phenols is 2. The number of amidine groups is 1. The second kappa shape index (κ2) is 11.6. The molecule has 4 rings (SSSR count). The highest BCUT2D eigenvalue weighted by Crippen LogP contribution is 2.40. The first-order chi connectivity index (χ1) is 18.4. The molecule has 0 spiro atoms. The van der Waals surface area contributed by atoms with Crippen LogP contribution >= 0.6 is 11.8 Å². The number of benzene rings is 2. The number of rotatable bonds is 9. The van der Waals surface area contributed by atoms with Gasteiger partial charge in [-0.25, -0.2) is 0 Å². The first-order valence-corrected chi connectivity index (χ1v) is 11.9. The van der Waals surface area contributed by atoms with Crippen molar-refractivity contribution in [2.75, 3.05) is 28.4 Å². The van der Waals surface area contributed by atoms with E-state index < -0.39 is 0 Å². The summed E-state index contributed by atoms with van der Waals surface area (Å²) in [5.74, 6) is 0.840. The molecule has 198 valence electrons. The highest BCUT2D eigenvalue weighted by Gasteiger charge is 2.34. The predicted molar refractivity (Wildman–Crippen MR) is 142 cm³/mol. The van der Waals surface area contributed by atoms with Crippen LogP contribution in [0.15, 0.2) is 62.2 Å². The van der Waals surface area contributed by atoms with Crippen molar-refractivity contribution in [3.05, 3.63) is 64.5 Å². The van der Waals surface area contributed by atoms with Gasteiger partial charge in [-0.2, -0.15) is 5.10 Å². The zero-order chi connectivity index (χ0) is 27.2. The maximum atomic E-state index is 13.3. The normalized spacial score (nSPS) is 15.6. The van der Waals surface area contributed by atoms with Crippen molar-refractivity contribution in [2.45, 2.75) is 6.54 Å². The number of carbonyl (C=O) groups is 1. The number of ether oxygens (including phenoxy) is 4. The third-order valence-electron chi connectivity index (χ3n) is 5.43. The fourth-order valence-electron chi connectivity index (χ4n) is 3.56. The number of furan rings is 1. The van der Waals surface area contributed by atoms with E-state index in [9.17, 15) is 15.0 Å². The van der Waals surface area contributed by atoms with E-state index >= 15 is 0 Å². The van der Waals surface area contributed by atoms with Crippen LogP contribution < -0.4 is 18.9 Å². The number of amides is 1. The monoisotopic (exact) mass is 539 g/mol. The van der Waals surface area contributed by atoms with Gasteiger partial charge in [0.1, 0.15) is 5.76 Å². The third kappa shape index (κ3) is 5.54. The molecule has 3 aromatic rings. The Labute approximate surface area is 222 Å². The van der Waals surface area contributed by atoms with Gasteiger partial charge in [-0.1, -0.05) is 0 Å². The second-order valence-electron chi connectivity index (χ2n) is 7.76. The summed E-state index contributed by atoms with van der Waals surface area (Å²) in [7, 11) is 5.70. The van der Waals surface area contributed by atoms with Crippen LogP contribution in [0.1, 0.15) is 16.9 Å². The molecule has 0 atom stereocenters. The van der Waals surface area contributed by atoms with Crippen molar-refractivity contribution >= 4 is 35.1 Å². The summed E-state index contributed by atoms with van der Waals surface area (Å²) in [6.45, 7) is 0.146. The number of methoxy groups -OCH3 is 4. The lowest BCUT2D eigenvalue weighted by Gasteiger charge is -2.12. The van der Waals surface area contributed by atoms with E-state index in [0.29, 0.717) is 27.0 Å². The van der Waals surface area contributed by atoms with Gasteiger partial charge in [0.25, 0.3) is 5.91 Å². The summed E-state index contributed by atoms with van der Waals surface area (Å²) < 4.78 is 26.2. The Balaban J connectivity index is 1.68. The van der Waals surface area contributed by atoms with E-state index in [4.69, 9.17) is 23.4 Å². The Morgan fingerprint density at radius 3 is 1.97 bits per heavy atom. The third-order valence-corrected chi connectivity index (χ3v) is 6.43. The largest absolute Gasteiger partial charge is 0.502 e. The highest BCUT2D eigenvalue weighted by molar-refractivity contribution is 8.18. The van der Waals surface area contributed by atoms with Crippen molar-refractivity contribution in [3.63, 3.8) is 0 Å². The van der Waals surface area contributed by atoms with Crippen LogP contribution in [-0.2, 0) is 11.3 Å². The number of aromatic hydroxyl groups is 2. The smallest absolute Gasteiger partial charge is 0.267 e. The molecule has 0 unspecified atom stereocenters. The molecule has 0 saturated carbocycles. The van der Waals surface area contributed by atoms with Crippen LogP contribution in [0.3, 0.4) is 0 Å². The molecule has 0 bridgehead atoms. The van der Waals surface area contributed by atoms with Crippen molar-refractivity contribution in [1.29, 1.82) is 0 Å². The first kappa shape index (κ1) is 26.5. The van der Waals surface area contributed by atoms with Crippen molar-refractivity contribution in [3.8, 4) is 34.5 Å². The van der Waals surface area contributed by atoms with Crippen molar-refractivity contribution in [1.82, 2.24) is 4.90 Å². The zero-order valence-electron chi connectivity index (χ0n) is 21.0. The fraction of sp³-hybridized carbons (Fsp3) is 0.192. The Morgan fingerprint density at radius 1 is 0.921 bits per heavy atom. The number of carbonyl (C=O) groups excluding carboxylic acids is 1. The lowest BCUT2D eigenvalue weighted by atomic mass is 10.1. The maximum Gasteiger partial charge on any atom is 0.267 e. The minimum atomic E-state index is -0.306. The van der Waals surface area contributed by atoms with E-state index in [-0.39, 0.29) is 46.9 Å². The van der Waals surface area contributed by atoms with E-state index in [0.717, 1.165) is 11.8 Å². The van der Waals surface area contributed by atoms with Crippen LogP contribution in [0, 0.1) is 0 Å². The minimum absolute atomic E-state index is 0.127. The molecule has 0 radical (unpaired) electrons. The number of phenolic OH excluding ortho intramolecular Hbond substituents is 2. The Bertz CT molecular complexity index is 1370. The molecule has 2 aromatic carbocycles. The van der Waals surface area contributed by atoms with Crippen LogP contribution in [0.2, 0.25) is 0 Å². The van der Waals surface area contributed by atoms with Crippen molar-refractivity contribution < 1.29 is 38.4 Å². The predicted octanol–water partition coefficient (Wildman–Crippen LogP) is 4.23. The molecule has 1 saturated heterocycles. The average molecular weight is 540 g/mol. The lowest BCUT2D eigenvalue weighted by Crippen LogP contribution is -2.28. The summed E-state index contributed by atoms with van der Waals surface area (Å²) in [5, 5.41) is 29.1. The van der Waals surface area contributed by atoms with Gasteiger partial charge >= 0.3 is 0 Å². The highest BCUT2D eigenvalue weighted by atomic mass is 32.2. The molecular weight excluding hydrogens is 514 g/mol. The molecule has 12 heteroatoms. The molecule has 38 heavy (non-hydrogen) atoms. The van der Waals surface area contributed by atoms with Gasteiger partial charge in [-0.15, -0.1) is 5.10 Å². The van der Waals surface area contributed by atoms with Crippen LogP contribution in [-0.4, -0.2) is 60.8 Å². The molecule has 2 heterocycles. The summed E-state index contributed by atoms with van der Waals surface area (Å²) in [6.07, 6.45) is 4.62. The summed E-state index contributed by atoms with van der Waals surface area (Å²) in [6, 6.07) is 9.82. The van der Waals surface area contributed by atoms with Crippen molar-refractivity contribution in [2.24, 2.45) is 10.2 Å². The average Bonchev–Trinajstić information content (AvgIpc) is 3.54. The van der Waals surface area contributed by atoms with Gasteiger partial charge in [0, 0.05) is 5.56 Å². The molecule has 1 amide bonds. The molecule has 1 aliphatic rings. The lowest BCUT2D eigenvalue weighted by molar-refractivity contribution is -0.122. The van der Waals surface area contributed by atoms with Gasteiger partial charge in [0.05, 0.1) is 52.4 Å². The van der Waals surface area contributed by atoms with E-state index in [1.165, 1.54) is 45.8 Å². The minimum Gasteiger partial charge on any atom is -0.502 e. The number of thioether (sulfide) groups is 1. The Hall–Kier alpha value is -4.58. The van der Waals surface area contributed by atoms with E-state index in [1.807, 2.05) is 0 Å². The topological polar surface area (TPSA) is 136 Å². The molecule has 1 aromatic heterocycles. The SMILES string of the molecule is COc1cc(/C=C2\S/C(=N\N=C\c3cc(OC)c(O)c(OC)c3)N(Cc3ccco3)C2=O)cc(OC)c1O. The molecule has 11 nitrogen and oxygen atoms in total. The Kier molecular flexibility index (Phi) is 8.12. The van der Waals surface area contributed by atoms with E-state index in [2.05, 4.69) is 10.2 Å².